The summed E-state index contributed by atoms with van der Waals surface area (Å²) in [6.07, 6.45) is 0.828. The van der Waals surface area contributed by atoms with Gasteiger partial charge in [0, 0.05) is 5.25 Å². The van der Waals surface area contributed by atoms with Gasteiger partial charge in [0.15, 0.2) is 0 Å². The van der Waals surface area contributed by atoms with Gasteiger partial charge in [-0.2, -0.15) is 11.8 Å². The van der Waals surface area contributed by atoms with Gasteiger partial charge >= 0.3 is 0 Å². The van der Waals surface area contributed by atoms with Crippen LogP contribution in [0.4, 0.5) is 4.39 Å². The Labute approximate surface area is 82.5 Å². The quantitative estimate of drug-likeness (QED) is 0.661. The molecule has 2 rings (SSSR count). The molecule has 1 saturated heterocycles. The number of halogens is 1. The zero-order valence-electron chi connectivity index (χ0n) is 7.45. The molecule has 70 valence electrons. The molecule has 0 aromatic heterocycles. The SMILES string of the molecule is FC1CCS[C@@H](c2ccccc2)C1. The molecule has 0 spiro atoms. The number of benzene rings is 1. The zero-order chi connectivity index (χ0) is 9.10. The lowest BCUT2D eigenvalue weighted by Gasteiger charge is -2.24. The van der Waals surface area contributed by atoms with E-state index in [2.05, 4.69) is 12.1 Å². The molecule has 0 saturated carbocycles. The molecular weight excluding hydrogens is 183 g/mol. The van der Waals surface area contributed by atoms with Crippen LogP contribution in [-0.4, -0.2) is 11.9 Å². The molecule has 1 unspecified atom stereocenters. The third-order valence-electron chi connectivity index (χ3n) is 2.39. The Kier molecular flexibility index (Phi) is 2.89. The first kappa shape index (κ1) is 9.07. The Morgan fingerprint density at radius 1 is 1.23 bits per heavy atom. The van der Waals surface area contributed by atoms with Crippen molar-refractivity contribution in [2.45, 2.75) is 24.3 Å². The van der Waals surface area contributed by atoms with Crippen molar-refractivity contribution >= 4 is 11.8 Å². The van der Waals surface area contributed by atoms with E-state index in [-0.39, 0.29) is 0 Å². The van der Waals surface area contributed by atoms with E-state index in [1.165, 1.54) is 5.56 Å². The molecule has 13 heavy (non-hydrogen) atoms. The van der Waals surface area contributed by atoms with Crippen molar-refractivity contribution in [1.29, 1.82) is 0 Å². The summed E-state index contributed by atoms with van der Waals surface area (Å²) in [4.78, 5) is 0. The second-order valence-electron chi connectivity index (χ2n) is 3.39. The van der Waals surface area contributed by atoms with Crippen LogP contribution >= 0.6 is 11.8 Å². The lowest BCUT2D eigenvalue weighted by atomic mass is 10.1. The molecule has 0 aliphatic carbocycles. The molecule has 0 N–H and O–H groups in total. The Bertz CT molecular complexity index is 260. The molecule has 0 amide bonds. The van der Waals surface area contributed by atoms with Gasteiger partial charge in [0.1, 0.15) is 6.17 Å². The van der Waals surface area contributed by atoms with Crippen molar-refractivity contribution in [3.05, 3.63) is 35.9 Å². The molecule has 0 bridgehead atoms. The third kappa shape index (κ3) is 2.25. The highest BCUT2D eigenvalue weighted by atomic mass is 32.2. The van der Waals surface area contributed by atoms with Crippen LogP contribution < -0.4 is 0 Å². The Morgan fingerprint density at radius 3 is 2.69 bits per heavy atom. The standard InChI is InChI=1S/C11H13FS/c12-10-6-7-13-11(8-10)9-4-2-1-3-5-9/h1-5,10-11H,6-8H2/t10?,11-/m1/s1. The molecule has 2 heteroatoms. The maximum atomic E-state index is 13.1. The molecule has 0 radical (unpaired) electrons. The van der Waals surface area contributed by atoms with Crippen LogP contribution in [0.1, 0.15) is 23.7 Å². The van der Waals surface area contributed by atoms with E-state index in [1.807, 2.05) is 30.0 Å². The van der Waals surface area contributed by atoms with E-state index in [9.17, 15) is 4.39 Å². The molecular formula is C11H13FS. The summed E-state index contributed by atoms with van der Waals surface area (Å²) in [5.74, 6) is 0.959. The van der Waals surface area contributed by atoms with E-state index < -0.39 is 6.17 Å². The highest BCUT2D eigenvalue weighted by Crippen LogP contribution is 2.39. The van der Waals surface area contributed by atoms with Crippen molar-refractivity contribution in [2.24, 2.45) is 0 Å². The molecule has 1 heterocycles. The van der Waals surface area contributed by atoms with Crippen LogP contribution in [0, 0.1) is 0 Å². The Hall–Kier alpha value is -0.500. The Morgan fingerprint density at radius 2 is 2.00 bits per heavy atom. The van der Waals surface area contributed by atoms with Gasteiger partial charge in [-0.25, -0.2) is 4.39 Å². The first-order valence-electron chi connectivity index (χ1n) is 4.67. The first-order valence-corrected chi connectivity index (χ1v) is 5.72. The van der Waals surface area contributed by atoms with Crippen molar-refractivity contribution < 1.29 is 4.39 Å². The van der Waals surface area contributed by atoms with Gasteiger partial charge in [0.05, 0.1) is 0 Å². The topological polar surface area (TPSA) is 0 Å². The molecule has 1 aromatic rings. The fourth-order valence-electron chi connectivity index (χ4n) is 1.66. The number of thioether (sulfide) groups is 1. The summed E-state index contributed by atoms with van der Waals surface area (Å²) in [5, 5.41) is 0.380. The van der Waals surface area contributed by atoms with Gasteiger partial charge in [0.2, 0.25) is 0 Å². The summed E-state index contributed by atoms with van der Waals surface area (Å²) >= 11 is 1.88. The van der Waals surface area contributed by atoms with E-state index in [0.29, 0.717) is 11.7 Å². The molecule has 1 aliphatic rings. The van der Waals surface area contributed by atoms with Crippen LogP contribution in [0.15, 0.2) is 30.3 Å². The predicted octanol–water partition coefficient (Wildman–Crippen LogP) is 3.59. The smallest absolute Gasteiger partial charge is 0.102 e. The van der Waals surface area contributed by atoms with Gasteiger partial charge < -0.3 is 0 Å². The third-order valence-corrected chi connectivity index (χ3v) is 3.73. The zero-order valence-corrected chi connectivity index (χ0v) is 8.27. The number of hydrogen-bond donors (Lipinski definition) is 0. The fraction of sp³-hybridized carbons (Fsp3) is 0.455. The summed E-state index contributed by atoms with van der Waals surface area (Å²) in [6.45, 7) is 0. The van der Waals surface area contributed by atoms with Crippen LogP contribution in [0.5, 0.6) is 0 Å². The minimum absolute atomic E-state index is 0.380. The van der Waals surface area contributed by atoms with Gasteiger partial charge in [-0.3, -0.25) is 0 Å². The molecule has 0 nitrogen and oxygen atoms in total. The van der Waals surface area contributed by atoms with E-state index in [1.54, 1.807) is 0 Å². The van der Waals surface area contributed by atoms with Crippen LogP contribution in [-0.2, 0) is 0 Å². The molecule has 1 aromatic carbocycles. The van der Waals surface area contributed by atoms with E-state index in [0.717, 1.165) is 12.2 Å². The van der Waals surface area contributed by atoms with Crippen molar-refractivity contribution in [3.8, 4) is 0 Å². The average molecular weight is 196 g/mol. The van der Waals surface area contributed by atoms with Crippen LogP contribution in [0.3, 0.4) is 0 Å². The number of hydrogen-bond acceptors (Lipinski definition) is 1. The average Bonchev–Trinajstić information content (AvgIpc) is 2.19. The van der Waals surface area contributed by atoms with Crippen molar-refractivity contribution in [1.82, 2.24) is 0 Å². The second-order valence-corrected chi connectivity index (χ2v) is 4.70. The minimum Gasteiger partial charge on any atom is -0.247 e. The lowest BCUT2D eigenvalue weighted by Crippen LogP contribution is -2.13. The highest BCUT2D eigenvalue weighted by molar-refractivity contribution is 7.99. The molecule has 2 atom stereocenters. The highest BCUT2D eigenvalue weighted by Gasteiger charge is 2.22. The fourth-order valence-corrected chi connectivity index (χ4v) is 3.03. The monoisotopic (exact) mass is 196 g/mol. The second kappa shape index (κ2) is 4.14. The van der Waals surface area contributed by atoms with Crippen molar-refractivity contribution in [3.63, 3.8) is 0 Å². The minimum atomic E-state index is -0.591. The number of rotatable bonds is 1. The maximum Gasteiger partial charge on any atom is 0.102 e. The van der Waals surface area contributed by atoms with Gasteiger partial charge in [-0.05, 0) is 24.2 Å². The summed E-state index contributed by atoms with van der Waals surface area (Å²) in [7, 11) is 0. The summed E-state index contributed by atoms with van der Waals surface area (Å²) in [5.41, 5.74) is 1.27. The molecule has 1 aliphatic heterocycles. The number of alkyl halides is 1. The maximum absolute atomic E-state index is 13.1. The largest absolute Gasteiger partial charge is 0.247 e. The molecule has 1 fully saturated rings. The normalized spacial score (nSPS) is 28.7. The van der Waals surface area contributed by atoms with E-state index >= 15 is 0 Å². The van der Waals surface area contributed by atoms with Gasteiger partial charge in [0.25, 0.3) is 0 Å². The van der Waals surface area contributed by atoms with Crippen LogP contribution in [0.25, 0.3) is 0 Å². The summed E-state index contributed by atoms with van der Waals surface area (Å²) in [6, 6.07) is 10.2. The first-order chi connectivity index (χ1) is 6.36. The van der Waals surface area contributed by atoms with Crippen molar-refractivity contribution in [2.75, 3.05) is 5.75 Å². The van der Waals surface area contributed by atoms with Crippen LogP contribution in [0.2, 0.25) is 0 Å². The Balaban J connectivity index is 2.08. The lowest BCUT2D eigenvalue weighted by molar-refractivity contribution is 0.299. The van der Waals surface area contributed by atoms with E-state index in [4.69, 9.17) is 0 Å². The van der Waals surface area contributed by atoms with Gasteiger partial charge in [-0.15, -0.1) is 0 Å². The van der Waals surface area contributed by atoms with Gasteiger partial charge in [-0.1, -0.05) is 30.3 Å². The predicted molar refractivity (Wildman–Crippen MR) is 55.8 cm³/mol. The summed E-state index contributed by atoms with van der Waals surface area (Å²) < 4.78 is 13.1.